The molecular formula is C36H39Cl2N3O5S. The van der Waals surface area contributed by atoms with Crippen molar-refractivity contribution in [3.05, 3.63) is 124 Å². The van der Waals surface area contributed by atoms with Crippen LogP contribution in [0.15, 0.2) is 102 Å². The monoisotopic (exact) mass is 695 g/mol. The number of carbonyl (C=O) groups is 2. The molecule has 1 atom stereocenters. The Balaban J connectivity index is 1.81. The van der Waals surface area contributed by atoms with E-state index < -0.39 is 28.5 Å². The smallest absolute Gasteiger partial charge is 0.264 e. The molecule has 0 saturated carbocycles. The summed E-state index contributed by atoms with van der Waals surface area (Å²) >= 11 is 12.7. The highest BCUT2D eigenvalue weighted by molar-refractivity contribution is 7.92. The Kier molecular flexibility index (Phi) is 12.7. The van der Waals surface area contributed by atoms with Crippen LogP contribution in [0.2, 0.25) is 10.0 Å². The van der Waals surface area contributed by atoms with Gasteiger partial charge >= 0.3 is 0 Å². The van der Waals surface area contributed by atoms with E-state index in [2.05, 4.69) is 5.32 Å². The second-order valence-electron chi connectivity index (χ2n) is 11.0. The number of hydrogen-bond acceptors (Lipinski definition) is 5. The van der Waals surface area contributed by atoms with Crippen LogP contribution in [0.1, 0.15) is 37.0 Å². The van der Waals surface area contributed by atoms with Gasteiger partial charge in [-0.25, -0.2) is 8.42 Å². The predicted octanol–water partition coefficient (Wildman–Crippen LogP) is 7.06. The maximum atomic E-state index is 14.6. The molecule has 2 amide bonds. The Morgan fingerprint density at radius 2 is 1.57 bits per heavy atom. The zero-order valence-corrected chi connectivity index (χ0v) is 29.0. The SMILES string of the molecule is CCCNC(=O)C(Cc1ccccc1)N(Cc1ccc(Cl)cc1Cl)C(=O)CN(c1ccc(OCC)cc1)S(=O)(=O)c1ccc(C)cc1. The number of benzene rings is 4. The van der Waals surface area contributed by atoms with Crippen molar-refractivity contribution in [1.82, 2.24) is 10.2 Å². The Hall–Kier alpha value is -4.05. The third-order valence-corrected chi connectivity index (χ3v) is 9.87. The van der Waals surface area contributed by atoms with Crippen molar-refractivity contribution < 1.29 is 22.7 Å². The standard InChI is InChI=1S/C36H39Cl2N3O5S/c1-4-21-39-36(43)34(22-27-9-7-6-8-10-27)40(24-28-13-14-29(37)23-33(28)38)35(42)25-41(30-15-17-31(18-16-30)46-5-2)47(44,45)32-19-11-26(3)12-20-32/h6-20,23,34H,4-5,21-22,24-25H2,1-3H3,(H,39,43). The Labute approximate surface area is 287 Å². The van der Waals surface area contributed by atoms with E-state index in [0.717, 1.165) is 15.4 Å². The van der Waals surface area contributed by atoms with E-state index in [0.29, 0.717) is 40.9 Å². The molecule has 0 aliphatic heterocycles. The number of aryl methyl sites for hydroxylation is 1. The number of anilines is 1. The van der Waals surface area contributed by atoms with Crippen LogP contribution in [0.25, 0.3) is 0 Å². The first-order valence-electron chi connectivity index (χ1n) is 15.4. The lowest BCUT2D eigenvalue weighted by Gasteiger charge is -2.34. The quantitative estimate of drug-likeness (QED) is 0.144. The van der Waals surface area contributed by atoms with Crippen LogP contribution in [0.4, 0.5) is 5.69 Å². The molecule has 47 heavy (non-hydrogen) atoms. The summed E-state index contributed by atoms with van der Waals surface area (Å²) in [5.41, 5.74) is 2.54. The molecule has 0 aliphatic carbocycles. The fourth-order valence-electron chi connectivity index (χ4n) is 4.99. The van der Waals surface area contributed by atoms with E-state index >= 15 is 0 Å². The van der Waals surface area contributed by atoms with Gasteiger partial charge in [0.15, 0.2) is 0 Å². The fraction of sp³-hybridized carbons (Fsp3) is 0.278. The van der Waals surface area contributed by atoms with Crippen molar-refractivity contribution in [2.75, 3.05) is 24.0 Å². The van der Waals surface area contributed by atoms with Gasteiger partial charge < -0.3 is 15.0 Å². The lowest BCUT2D eigenvalue weighted by molar-refractivity contribution is -0.140. The van der Waals surface area contributed by atoms with Crippen LogP contribution in [-0.4, -0.2) is 50.9 Å². The number of sulfonamides is 1. The summed E-state index contributed by atoms with van der Waals surface area (Å²) < 4.78 is 35.0. The van der Waals surface area contributed by atoms with Gasteiger partial charge in [-0.15, -0.1) is 0 Å². The number of amides is 2. The van der Waals surface area contributed by atoms with Crippen molar-refractivity contribution in [3.63, 3.8) is 0 Å². The molecule has 0 radical (unpaired) electrons. The third-order valence-electron chi connectivity index (χ3n) is 7.50. The molecule has 4 aromatic carbocycles. The van der Waals surface area contributed by atoms with Crippen molar-refractivity contribution >= 4 is 50.7 Å². The lowest BCUT2D eigenvalue weighted by Crippen LogP contribution is -2.53. The highest BCUT2D eigenvalue weighted by Gasteiger charge is 2.35. The largest absolute Gasteiger partial charge is 0.494 e. The second-order valence-corrected chi connectivity index (χ2v) is 13.7. The van der Waals surface area contributed by atoms with E-state index in [1.165, 1.54) is 17.0 Å². The van der Waals surface area contributed by atoms with Crippen LogP contribution < -0.4 is 14.4 Å². The summed E-state index contributed by atoms with van der Waals surface area (Å²) in [7, 11) is -4.23. The van der Waals surface area contributed by atoms with Crippen LogP contribution in [0.3, 0.4) is 0 Å². The van der Waals surface area contributed by atoms with Gasteiger partial charge in [-0.1, -0.05) is 84.2 Å². The zero-order chi connectivity index (χ0) is 34.0. The average Bonchev–Trinajstić information content (AvgIpc) is 3.06. The first-order chi connectivity index (χ1) is 22.5. The summed E-state index contributed by atoms with van der Waals surface area (Å²) in [6.07, 6.45) is 0.891. The number of ether oxygens (including phenoxy) is 1. The van der Waals surface area contributed by atoms with Gasteiger partial charge in [0.1, 0.15) is 18.3 Å². The minimum Gasteiger partial charge on any atom is -0.494 e. The number of nitrogens with zero attached hydrogens (tertiary/aromatic N) is 2. The number of nitrogens with one attached hydrogen (secondary N) is 1. The number of hydrogen-bond donors (Lipinski definition) is 1. The molecule has 0 aromatic heterocycles. The highest BCUT2D eigenvalue weighted by atomic mass is 35.5. The van der Waals surface area contributed by atoms with Crippen molar-refractivity contribution in [1.29, 1.82) is 0 Å². The molecule has 1 unspecified atom stereocenters. The van der Waals surface area contributed by atoms with Crippen LogP contribution >= 0.6 is 23.2 Å². The number of halogens is 2. The van der Waals surface area contributed by atoms with Gasteiger partial charge in [-0.05, 0) is 79.9 Å². The van der Waals surface area contributed by atoms with Crippen LogP contribution in [0.5, 0.6) is 5.75 Å². The molecule has 4 aromatic rings. The molecule has 0 saturated heterocycles. The summed E-state index contributed by atoms with van der Waals surface area (Å²) in [5.74, 6) is -0.388. The Morgan fingerprint density at radius 3 is 2.19 bits per heavy atom. The predicted molar refractivity (Wildman–Crippen MR) is 188 cm³/mol. The molecule has 0 aliphatic rings. The number of carbonyl (C=O) groups excluding carboxylic acids is 2. The molecule has 4 rings (SSSR count). The van der Waals surface area contributed by atoms with Gasteiger partial charge in [-0.3, -0.25) is 13.9 Å². The van der Waals surface area contributed by atoms with Crippen LogP contribution in [-0.2, 0) is 32.6 Å². The third kappa shape index (κ3) is 9.50. The zero-order valence-electron chi connectivity index (χ0n) is 26.7. The first kappa shape index (κ1) is 35.8. The van der Waals surface area contributed by atoms with Gasteiger partial charge in [0.05, 0.1) is 17.2 Å². The molecular weight excluding hydrogens is 657 g/mol. The fourth-order valence-corrected chi connectivity index (χ4v) is 6.88. The Morgan fingerprint density at radius 1 is 0.894 bits per heavy atom. The minimum absolute atomic E-state index is 0.0265. The maximum Gasteiger partial charge on any atom is 0.264 e. The van der Waals surface area contributed by atoms with E-state index in [9.17, 15) is 18.0 Å². The Bertz CT molecular complexity index is 1750. The first-order valence-corrected chi connectivity index (χ1v) is 17.6. The number of rotatable bonds is 15. The average molecular weight is 697 g/mol. The lowest BCUT2D eigenvalue weighted by atomic mass is 10.0. The van der Waals surface area contributed by atoms with Crippen molar-refractivity contribution in [3.8, 4) is 5.75 Å². The molecule has 0 spiro atoms. The van der Waals surface area contributed by atoms with Gasteiger partial charge in [0.25, 0.3) is 10.0 Å². The van der Waals surface area contributed by atoms with E-state index in [-0.39, 0.29) is 29.5 Å². The van der Waals surface area contributed by atoms with E-state index in [4.69, 9.17) is 27.9 Å². The van der Waals surface area contributed by atoms with E-state index in [1.807, 2.05) is 51.1 Å². The molecule has 0 heterocycles. The summed E-state index contributed by atoms with van der Waals surface area (Å²) in [4.78, 5) is 29.8. The maximum absolute atomic E-state index is 14.6. The van der Waals surface area contributed by atoms with Gasteiger partial charge in [-0.2, -0.15) is 0 Å². The summed E-state index contributed by atoms with van der Waals surface area (Å²) in [6.45, 7) is 5.86. The van der Waals surface area contributed by atoms with Gasteiger partial charge in [0.2, 0.25) is 11.8 Å². The second kappa shape index (κ2) is 16.7. The topological polar surface area (TPSA) is 96.0 Å². The van der Waals surface area contributed by atoms with Gasteiger partial charge in [0, 0.05) is 29.6 Å². The molecule has 11 heteroatoms. The molecule has 0 fully saturated rings. The normalized spacial score (nSPS) is 11.9. The molecule has 0 bridgehead atoms. The van der Waals surface area contributed by atoms with Crippen molar-refractivity contribution in [2.24, 2.45) is 0 Å². The summed E-state index contributed by atoms with van der Waals surface area (Å²) in [5, 5.41) is 3.67. The summed E-state index contributed by atoms with van der Waals surface area (Å²) in [6, 6.07) is 26.2. The van der Waals surface area contributed by atoms with Crippen molar-refractivity contribution in [2.45, 2.75) is 51.1 Å². The molecule has 1 N–H and O–H groups in total. The minimum atomic E-state index is -4.23. The van der Waals surface area contributed by atoms with Crippen LogP contribution in [0, 0.1) is 6.92 Å². The van der Waals surface area contributed by atoms with E-state index in [1.54, 1.807) is 54.6 Å². The molecule has 248 valence electrons. The highest BCUT2D eigenvalue weighted by Crippen LogP contribution is 2.28. The molecule has 8 nitrogen and oxygen atoms in total.